The van der Waals surface area contributed by atoms with Crippen LogP contribution in [0.3, 0.4) is 0 Å². The summed E-state index contributed by atoms with van der Waals surface area (Å²) in [4.78, 5) is 18.3. The predicted molar refractivity (Wildman–Crippen MR) is 68.1 cm³/mol. The maximum Gasteiger partial charge on any atom is 0.320 e. The van der Waals surface area contributed by atoms with Gasteiger partial charge >= 0.3 is 6.03 Å². The molecular formula is C12H24N4O. The van der Waals surface area contributed by atoms with Crippen molar-refractivity contribution in [2.24, 2.45) is 5.92 Å². The Hall–Kier alpha value is -0.810. The normalized spacial score (nSPS) is 30.6. The smallest absolute Gasteiger partial charge is 0.320 e. The molecule has 0 aromatic rings. The molecule has 0 aromatic heterocycles. The fourth-order valence-corrected chi connectivity index (χ4v) is 2.97. The molecule has 0 aromatic carbocycles. The Labute approximate surface area is 104 Å². The lowest BCUT2D eigenvalue weighted by molar-refractivity contribution is 0.189. The number of carbonyl (C=O) groups is 1. The summed E-state index contributed by atoms with van der Waals surface area (Å²) in [5.41, 5.74) is 0. The highest BCUT2D eigenvalue weighted by Gasteiger charge is 2.40. The molecule has 2 amide bonds. The molecule has 2 heterocycles. The topological polar surface area (TPSA) is 38.8 Å². The van der Waals surface area contributed by atoms with Crippen molar-refractivity contribution in [1.29, 1.82) is 0 Å². The summed E-state index contributed by atoms with van der Waals surface area (Å²) in [6.07, 6.45) is 1.22. The molecule has 2 atom stereocenters. The van der Waals surface area contributed by atoms with Crippen LogP contribution in [0, 0.1) is 5.92 Å². The van der Waals surface area contributed by atoms with Crippen molar-refractivity contribution < 1.29 is 4.79 Å². The van der Waals surface area contributed by atoms with Gasteiger partial charge in [0.2, 0.25) is 0 Å². The van der Waals surface area contributed by atoms with E-state index in [9.17, 15) is 4.79 Å². The van der Waals surface area contributed by atoms with Crippen LogP contribution in [0.1, 0.15) is 6.42 Å². The number of nitrogens with zero attached hydrogens (tertiary/aromatic N) is 3. The zero-order valence-corrected chi connectivity index (χ0v) is 11.1. The molecule has 5 nitrogen and oxygen atoms in total. The van der Waals surface area contributed by atoms with E-state index in [1.54, 1.807) is 0 Å². The van der Waals surface area contributed by atoms with Crippen LogP contribution in [-0.2, 0) is 0 Å². The summed E-state index contributed by atoms with van der Waals surface area (Å²) in [6, 6.07) is 0.601. The third kappa shape index (κ3) is 2.55. The maximum atomic E-state index is 12.1. The SMILES string of the molecule is CNCCN1CC(C2CCN(C)C2)N(C)C1=O. The van der Waals surface area contributed by atoms with E-state index in [0.29, 0.717) is 12.0 Å². The summed E-state index contributed by atoms with van der Waals surface area (Å²) in [7, 11) is 6.04. The van der Waals surface area contributed by atoms with Crippen LogP contribution in [-0.4, -0.2) is 80.6 Å². The number of likely N-dealkylation sites (tertiary alicyclic amines) is 1. The van der Waals surface area contributed by atoms with Gasteiger partial charge in [-0.15, -0.1) is 0 Å². The van der Waals surface area contributed by atoms with Gasteiger partial charge < -0.3 is 20.0 Å². The second-order valence-electron chi connectivity index (χ2n) is 5.32. The van der Waals surface area contributed by atoms with Gasteiger partial charge in [0.15, 0.2) is 0 Å². The van der Waals surface area contributed by atoms with E-state index in [-0.39, 0.29) is 6.03 Å². The molecule has 0 radical (unpaired) electrons. The highest BCUT2D eigenvalue weighted by atomic mass is 16.2. The summed E-state index contributed by atoms with van der Waals surface area (Å²) < 4.78 is 0. The summed E-state index contributed by atoms with van der Waals surface area (Å²) in [5.74, 6) is 0.647. The first-order valence-electron chi connectivity index (χ1n) is 6.48. The minimum absolute atomic E-state index is 0.194. The van der Waals surface area contributed by atoms with E-state index >= 15 is 0 Å². The van der Waals surface area contributed by atoms with Crippen LogP contribution in [0.2, 0.25) is 0 Å². The molecule has 98 valence electrons. The van der Waals surface area contributed by atoms with E-state index in [2.05, 4.69) is 17.3 Å². The van der Waals surface area contributed by atoms with Gasteiger partial charge in [0.1, 0.15) is 0 Å². The van der Waals surface area contributed by atoms with Gasteiger partial charge in [-0.05, 0) is 33.0 Å². The van der Waals surface area contributed by atoms with Gasteiger partial charge in [0.25, 0.3) is 0 Å². The fraction of sp³-hybridized carbons (Fsp3) is 0.917. The number of hydrogen-bond acceptors (Lipinski definition) is 3. The van der Waals surface area contributed by atoms with Gasteiger partial charge in [-0.2, -0.15) is 0 Å². The third-order valence-corrected chi connectivity index (χ3v) is 4.08. The van der Waals surface area contributed by atoms with Crippen molar-refractivity contribution in [3.05, 3.63) is 0 Å². The van der Waals surface area contributed by atoms with Crippen LogP contribution in [0.25, 0.3) is 0 Å². The average Bonchev–Trinajstić information content (AvgIpc) is 2.84. The molecule has 2 aliphatic heterocycles. The Kier molecular flexibility index (Phi) is 3.89. The van der Waals surface area contributed by atoms with Gasteiger partial charge in [-0.3, -0.25) is 0 Å². The molecule has 1 N–H and O–H groups in total. The first-order chi connectivity index (χ1) is 8.13. The Morgan fingerprint density at radius 2 is 2.12 bits per heavy atom. The first kappa shape index (κ1) is 12.6. The molecule has 2 fully saturated rings. The summed E-state index contributed by atoms with van der Waals surface area (Å²) >= 11 is 0. The molecule has 0 saturated carbocycles. The number of amides is 2. The molecule has 2 saturated heterocycles. The summed E-state index contributed by atoms with van der Waals surface area (Å²) in [5, 5.41) is 3.10. The van der Waals surface area contributed by atoms with E-state index in [1.807, 2.05) is 23.9 Å². The highest BCUT2D eigenvalue weighted by molar-refractivity contribution is 5.77. The fourth-order valence-electron chi connectivity index (χ4n) is 2.97. The molecule has 2 aliphatic rings. The Bertz CT molecular complexity index is 280. The minimum atomic E-state index is 0.194. The van der Waals surface area contributed by atoms with Crippen molar-refractivity contribution >= 4 is 6.03 Å². The predicted octanol–water partition coefficient (Wildman–Crippen LogP) is -0.106. The van der Waals surface area contributed by atoms with Crippen LogP contribution in [0.15, 0.2) is 0 Å². The molecule has 2 unspecified atom stereocenters. The lowest BCUT2D eigenvalue weighted by Gasteiger charge is -2.23. The van der Waals surface area contributed by atoms with E-state index in [4.69, 9.17) is 0 Å². The molecule has 0 spiro atoms. The molecular weight excluding hydrogens is 216 g/mol. The van der Waals surface area contributed by atoms with Crippen molar-refractivity contribution in [3.63, 3.8) is 0 Å². The number of urea groups is 1. The molecule has 0 aliphatic carbocycles. The van der Waals surface area contributed by atoms with Crippen LogP contribution in [0.5, 0.6) is 0 Å². The van der Waals surface area contributed by atoms with Crippen molar-refractivity contribution in [2.75, 3.05) is 53.9 Å². The number of hydrogen-bond donors (Lipinski definition) is 1. The van der Waals surface area contributed by atoms with Crippen molar-refractivity contribution in [1.82, 2.24) is 20.0 Å². The van der Waals surface area contributed by atoms with Crippen LogP contribution < -0.4 is 5.32 Å². The Morgan fingerprint density at radius 1 is 1.35 bits per heavy atom. The molecule has 17 heavy (non-hydrogen) atoms. The van der Waals surface area contributed by atoms with Crippen molar-refractivity contribution in [2.45, 2.75) is 12.5 Å². The lowest BCUT2D eigenvalue weighted by Crippen LogP contribution is -2.37. The number of likely N-dealkylation sites (N-methyl/N-ethyl adjacent to an activating group) is 2. The minimum Gasteiger partial charge on any atom is -0.323 e. The highest BCUT2D eigenvalue weighted by Crippen LogP contribution is 2.26. The van der Waals surface area contributed by atoms with Gasteiger partial charge in [-0.25, -0.2) is 4.79 Å². The molecule has 0 bridgehead atoms. The van der Waals surface area contributed by atoms with Gasteiger partial charge in [0.05, 0.1) is 6.04 Å². The first-order valence-corrected chi connectivity index (χ1v) is 6.48. The van der Waals surface area contributed by atoms with E-state index < -0.39 is 0 Å². The molecule has 2 rings (SSSR count). The Balaban J connectivity index is 1.94. The largest absolute Gasteiger partial charge is 0.323 e. The number of nitrogens with one attached hydrogen (secondary N) is 1. The zero-order chi connectivity index (χ0) is 12.4. The van der Waals surface area contributed by atoms with Gasteiger partial charge in [0, 0.05) is 33.2 Å². The van der Waals surface area contributed by atoms with Gasteiger partial charge in [-0.1, -0.05) is 0 Å². The van der Waals surface area contributed by atoms with Crippen LogP contribution in [0.4, 0.5) is 4.79 Å². The monoisotopic (exact) mass is 240 g/mol. The number of rotatable bonds is 4. The van der Waals surface area contributed by atoms with Crippen molar-refractivity contribution in [3.8, 4) is 0 Å². The third-order valence-electron chi connectivity index (χ3n) is 4.08. The maximum absolute atomic E-state index is 12.1. The zero-order valence-electron chi connectivity index (χ0n) is 11.1. The van der Waals surface area contributed by atoms with E-state index in [1.165, 1.54) is 13.0 Å². The second-order valence-corrected chi connectivity index (χ2v) is 5.32. The standard InChI is InChI=1S/C12H24N4O/c1-13-5-7-16-9-11(15(3)12(16)17)10-4-6-14(2)8-10/h10-11,13H,4-9H2,1-3H3. The Morgan fingerprint density at radius 3 is 2.71 bits per heavy atom. The second kappa shape index (κ2) is 5.23. The lowest BCUT2D eigenvalue weighted by atomic mass is 9.99. The number of carbonyl (C=O) groups excluding carboxylic acids is 1. The average molecular weight is 240 g/mol. The molecule has 5 heteroatoms. The van der Waals surface area contributed by atoms with E-state index in [0.717, 1.165) is 26.2 Å². The van der Waals surface area contributed by atoms with Crippen LogP contribution >= 0.6 is 0 Å². The summed E-state index contributed by atoms with van der Waals surface area (Å²) in [6.45, 7) is 4.88. The quantitative estimate of drug-likeness (QED) is 0.745.